The predicted octanol–water partition coefficient (Wildman–Crippen LogP) is 1.71. The van der Waals surface area contributed by atoms with Crippen LogP contribution in [0.3, 0.4) is 0 Å². The maximum atomic E-state index is 5.83. The number of hydrogen-bond donors (Lipinski definition) is 1. The smallest absolute Gasteiger partial charge is 0.0658 e. The highest BCUT2D eigenvalue weighted by Gasteiger charge is 2.23. The van der Waals surface area contributed by atoms with E-state index in [0.29, 0.717) is 5.92 Å². The molecular formula is C10H17N3. The number of hydrogen-bond acceptors (Lipinski definition) is 2. The van der Waals surface area contributed by atoms with Gasteiger partial charge in [0.2, 0.25) is 0 Å². The summed E-state index contributed by atoms with van der Waals surface area (Å²) in [7, 11) is 1.97. The van der Waals surface area contributed by atoms with Crippen molar-refractivity contribution in [3.05, 3.63) is 17.5 Å². The molecule has 1 aromatic rings. The topological polar surface area (TPSA) is 43.8 Å². The number of nitrogens with zero attached hydrogens (tertiary/aromatic N) is 2. The Morgan fingerprint density at radius 1 is 1.62 bits per heavy atom. The molecule has 1 saturated carbocycles. The summed E-state index contributed by atoms with van der Waals surface area (Å²) in [5.41, 5.74) is 8.20. The first-order chi connectivity index (χ1) is 6.18. The van der Waals surface area contributed by atoms with Crippen LogP contribution in [-0.4, -0.2) is 9.78 Å². The van der Waals surface area contributed by atoms with Crippen LogP contribution >= 0.6 is 0 Å². The van der Waals surface area contributed by atoms with Gasteiger partial charge in [0.1, 0.15) is 0 Å². The van der Waals surface area contributed by atoms with Crippen molar-refractivity contribution in [3.63, 3.8) is 0 Å². The summed E-state index contributed by atoms with van der Waals surface area (Å²) in [6.45, 7) is 2.00. The van der Waals surface area contributed by atoms with Gasteiger partial charge in [-0.05, 0) is 25.8 Å². The first-order valence-electron chi connectivity index (χ1n) is 4.98. The van der Waals surface area contributed by atoms with Crippen LogP contribution in [0.4, 0.5) is 0 Å². The molecule has 1 aliphatic rings. The van der Waals surface area contributed by atoms with Crippen LogP contribution in [0.5, 0.6) is 0 Å². The van der Waals surface area contributed by atoms with Crippen LogP contribution < -0.4 is 5.73 Å². The quantitative estimate of drug-likeness (QED) is 0.751. The Bertz CT molecular complexity index is 297. The Labute approximate surface area is 78.9 Å². The Kier molecular flexibility index (Phi) is 2.12. The van der Waals surface area contributed by atoms with E-state index in [2.05, 4.69) is 11.2 Å². The molecule has 0 unspecified atom stereocenters. The fraction of sp³-hybridized carbons (Fsp3) is 0.700. The van der Waals surface area contributed by atoms with Gasteiger partial charge in [0, 0.05) is 19.0 Å². The third-order valence-corrected chi connectivity index (χ3v) is 2.92. The first-order valence-corrected chi connectivity index (χ1v) is 4.98. The van der Waals surface area contributed by atoms with E-state index in [1.165, 1.54) is 25.0 Å². The van der Waals surface area contributed by atoms with Crippen LogP contribution in [0.1, 0.15) is 49.5 Å². The highest BCUT2D eigenvalue weighted by Crippen LogP contribution is 2.36. The van der Waals surface area contributed by atoms with E-state index >= 15 is 0 Å². The number of aryl methyl sites for hydroxylation is 1. The van der Waals surface area contributed by atoms with E-state index in [1.54, 1.807) is 0 Å². The summed E-state index contributed by atoms with van der Waals surface area (Å²) in [4.78, 5) is 0. The van der Waals surface area contributed by atoms with Gasteiger partial charge in [0.05, 0.1) is 11.4 Å². The molecule has 3 heteroatoms. The summed E-state index contributed by atoms with van der Waals surface area (Å²) >= 11 is 0. The molecule has 0 amide bonds. The van der Waals surface area contributed by atoms with Crippen molar-refractivity contribution in [1.29, 1.82) is 0 Å². The van der Waals surface area contributed by atoms with Gasteiger partial charge in [-0.2, -0.15) is 5.10 Å². The molecule has 0 saturated heterocycles. The van der Waals surface area contributed by atoms with Crippen LogP contribution in [0, 0.1) is 0 Å². The molecule has 13 heavy (non-hydrogen) atoms. The second-order valence-electron chi connectivity index (χ2n) is 4.03. The first kappa shape index (κ1) is 8.75. The average molecular weight is 179 g/mol. The van der Waals surface area contributed by atoms with Gasteiger partial charge < -0.3 is 5.73 Å². The second kappa shape index (κ2) is 3.14. The van der Waals surface area contributed by atoms with Crippen molar-refractivity contribution < 1.29 is 0 Å². The van der Waals surface area contributed by atoms with E-state index in [4.69, 9.17) is 5.73 Å². The van der Waals surface area contributed by atoms with Crippen molar-refractivity contribution in [2.75, 3.05) is 0 Å². The fourth-order valence-corrected chi connectivity index (χ4v) is 1.83. The summed E-state index contributed by atoms with van der Waals surface area (Å²) < 4.78 is 1.92. The summed E-state index contributed by atoms with van der Waals surface area (Å²) in [5, 5.41) is 4.49. The molecule has 1 aromatic heterocycles. The van der Waals surface area contributed by atoms with Crippen LogP contribution in [0.25, 0.3) is 0 Å². The largest absolute Gasteiger partial charge is 0.323 e. The highest BCUT2D eigenvalue weighted by atomic mass is 15.3. The Hall–Kier alpha value is -0.830. The molecule has 1 atom stereocenters. The monoisotopic (exact) mass is 179 g/mol. The van der Waals surface area contributed by atoms with Crippen molar-refractivity contribution in [2.24, 2.45) is 12.8 Å². The van der Waals surface area contributed by atoms with E-state index in [1.807, 2.05) is 18.7 Å². The third kappa shape index (κ3) is 1.48. The van der Waals surface area contributed by atoms with Crippen LogP contribution in [0.15, 0.2) is 6.07 Å². The number of aromatic nitrogens is 2. The second-order valence-corrected chi connectivity index (χ2v) is 4.03. The molecule has 72 valence electrons. The lowest BCUT2D eigenvalue weighted by Crippen LogP contribution is -2.10. The lowest BCUT2D eigenvalue weighted by Gasteiger charge is -2.22. The van der Waals surface area contributed by atoms with Gasteiger partial charge in [0.25, 0.3) is 0 Å². The van der Waals surface area contributed by atoms with Gasteiger partial charge in [-0.25, -0.2) is 0 Å². The zero-order valence-electron chi connectivity index (χ0n) is 8.33. The molecule has 0 aromatic carbocycles. The van der Waals surface area contributed by atoms with Crippen molar-refractivity contribution in [1.82, 2.24) is 9.78 Å². The Morgan fingerprint density at radius 3 is 2.69 bits per heavy atom. The number of rotatable bonds is 2. The number of nitrogens with two attached hydrogens (primary N) is 1. The Balaban J connectivity index is 2.23. The van der Waals surface area contributed by atoms with E-state index in [9.17, 15) is 0 Å². The normalized spacial score (nSPS) is 19.9. The van der Waals surface area contributed by atoms with Crippen LogP contribution in [-0.2, 0) is 7.05 Å². The maximum absolute atomic E-state index is 5.83. The van der Waals surface area contributed by atoms with Gasteiger partial charge in [-0.15, -0.1) is 0 Å². The predicted molar refractivity (Wildman–Crippen MR) is 52.4 cm³/mol. The summed E-state index contributed by atoms with van der Waals surface area (Å²) in [5.74, 6) is 0.707. The van der Waals surface area contributed by atoms with Gasteiger partial charge in [-0.3, -0.25) is 4.68 Å². The minimum atomic E-state index is 0.0892. The molecular weight excluding hydrogens is 162 g/mol. The highest BCUT2D eigenvalue weighted by molar-refractivity contribution is 5.18. The molecule has 3 nitrogen and oxygen atoms in total. The average Bonchev–Trinajstić information content (AvgIpc) is 2.27. The third-order valence-electron chi connectivity index (χ3n) is 2.92. The zero-order valence-corrected chi connectivity index (χ0v) is 8.33. The maximum Gasteiger partial charge on any atom is 0.0658 e. The molecule has 2 N–H and O–H groups in total. The minimum absolute atomic E-state index is 0.0892. The standard InChI is InChI=1S/C10H17N3/c1-7(11)10-6-9(12-13(10)2)8-4-3-5-8/h6-8H,3-5,11H2,1-2H3/t7-/m1/s1. The summed E-state index contributed by atoms with van der Waals surface area (Å²) in [6.07, 6.45) is 3.96. The molecule has 0 radical (unpaired) electrons. The van der Waals surface area contributed by atoms with E-state index in [0.717, 1.165) is 5.69 Å². The lowest BCUT2D eigenvalue weighted by molar-refractivity contribution is 0.407. The van der Waals surface area contributed by atoms with Crippen LogP contribution in [0.2, 0.25) is 0 Å². The van der Waals surface area contributed by atoms with Crippen molar-refractivity contribution >= 4 is 0 Å². The molecule has 1 heterocycles. The molecule has 2 rings (SSSR count). The fourth-order valence-electron chi connectivity index (χ4n) is 1.83. The molecule has 0 bridgehead atoms. The summed E-state index contributed by atoms with van der Waals surface area (Å²) in [6, 6.07) is 2.25. The van der Waals surface area contributed by atoms with Gasteiger partial charge in [-0.1, -0.05) is 6.42 Å². The molecule has 1 fully saturated rings. The van der Waals surface area contributed by atoms with Gasteiger partial charge >= 0.3 is 0 Å². The lowest BCUT2D eigenvalue weighted by atomic mass is 9.83. The SMILES string of the molecule is C[C@@H](N)c1cc(C2CCC2)nn1C. The minimum Gasteiger partial charge on any atom is -0.323 e. The zero-order chi connectivity index (χ0) is 9.42. The molecule has 0 aliphatic heterocycles. The van der Waals surface area contributed by atoms with Crippen molar-refractivity contribution in [3.8, 4) is 0 Å². The van der Waals surface area contributed by atoms with E-state index in [-0.39, 0.29) is 6.04 Å². The van der Waals surface area contributed by atoms with Gasteiger partial charge in [0.15, 0.2) is 0 Å². The Morgan fingerprint density at radius 2 is 2.31 bits per heavy atom. The van der Waals surface area contributed by atoms with E-state index < -0.39 is 0 Å². The van der Waals surface area contributed by atoms with Crippen molar-refractivity contribution in [2.45, 2.75) is 38.1 Å². The molecule has 0 spiro atoms. The molecule has 1 aliphatic carbocycles.